The maximum Gasteiger partial charge on any atom is 0.494 e. The normalized spacial score (nSPS) is 18.3. The molecule has 0 aliphatic carbocycles. The smallest absolute Gasteiger partial charge is 0.489 e. The Kier molecular flexibility index (Phi) is 5.56. The van der Waals surface area contributed by atoms with Gasteiger partial charge in [-0.05, 0) is 50.7 Å². The standard InChI is InChI=1S/C22H31BN2O3/c1-20(2,3)12-19-24-13-16(14-25-19)15-26-18-10-8-17(9-11-18)23-27-21(4,5)22(6,7)28-23/h8-11,13-14H,12,15H2,1-7H3. The number of ether oxygens (including phenoxy) is 1. The monoisotopic (exact) mass is 382 g/mol. The van der Waals surface area contributed by atoms with E-state index >= 15 is 0 Å². The van der Waals surface area contributed by atoms with E-state index in [0.29, 0.717) is 6.61 Å². The van der Waals surface area contributed by atoms with Gasteiger partial charge in [0, 0.05) is 24.4 Å². The highest BCUT2D eigenvalue weighted by atomic mass is 16.7. The van der Waals surface area contributed by atoms with E-state index in [1.807, 2.05) is 36.7 Å². The van der Waals surface area contributed by atoms with Crippen LogP contribution in [0.5, 0.6) is 5.75 Å². The Balaban J connectivity index is 1.57. The van der Waals surface area contributed by atoms with Gasteiger partial charge in [0.25, 0.3) is 0 Å². The number of hydrogen-bond acceptors (Lipinski definition) is 5. The molecule has 1 aromatic carbocycles. The van der Waals surface area contributed by atoms with Crippen molar-refractivity contribution in [3.63, 3.8) is 0 Å². The molecule has 1 aliphatic heterocycles. The fourth-order valence-electron chi connectivity index (χ4n) is 2.89. The van der Waals surface area contributed by atoms with Crippen LogP contribution in [0.1, 0.15) is 59.9 Å². The minimum absolute atomic E-state index is 0.178. The predicted molar refractivity (Wildman–Crippen MR) is 112 cm³/mol. The third kappa shape index (κ3) is 4.92. The molecule has 0 bridgehead atoms. The van der Waals surface area contributed by atoms with E-state index in [1.165, 1.54) is 0 Å². The molecular weight excluding hydrogens is 351 g/mol. The third-order valence-electron chi connectivity index (χ3n) is 5.26. The maximum absolute atomic E-state index is 6.09. The molecule has 0 amide bonds. The Morgan fingerprint density at radius 3 is 1.96 bits per heavy atom. The summed E-state index contributed by atoms with van der Waals surface area (Å²) in [7, 11) is -0.359. The van der Waals surface area contributed by atoms with Crippen LogP contribution >= 0.6 is 0 Å². The van der Waals surface area contributed by atoms with E-state index in [0.717, 1.165) is 29.0 Å². The Hall–Kier alpha value is -1.92. The van der Waals surface area contributed by atoms with Crippen molar-refractivity contribution in [2.45, 2.75) is 72.7 Å². The summed E-state index contributed by atoms with van der Waals surface area (Å²) in [5.74, 6) is 1.65. The molecule has 0 spiro atoms. The first-order valence-corrected chi connectivity index (χ1v) is 9.83. The van der Waals surface area contributed by atoms with E-state index < -0.39 is 0 Å². The van der Waals surface area contributed by atoms with Crippen LogP contribution < -0.4 is 10.2 Å². The molecule has 5 nitrogen and oxygen atoms in total. The van der Waals surface area contributed by atoms with Crippen molar-refractivity contribution in [3.05, 3.63) is 48.0 Å². The summed E-state index contributed by atoms with van der Waals surface area (Å²) in [6, 6.07) is 7.85. The van der Waals surface area contributed by atoms with Crippen LogP contribution in [0.4, 0.5) is 0 Å². The van der Waals surface area contributed by atoms with Gasteiger partial charge in [-0.25, -0.2) is 9.97 Å². The Bertz CT molecular complexity index is 780. The molecule has 1 fully saturated rings. The van der Waals surface area contributed by atoms with E-state index in [9.17, 15) is 0 Å². The fraction of sp³-hybridized carbons (Fsp3) is 0.545. The largest absolute Gasteiger partial charge is 0.494 e. The van der Waals surface area contributed by atoms with Crippen molar-refractivity contribution in [1.82, 2.24) is 9.97 Å². The highest BCUT2D eigenvalue weighted by Crippen LogP contribution is 2.36. The lowest BCUT2D eigenvalue weighted by Crippen LogP contribution is -2.41. The average Bonchev–Trinajstić information content (AvgIpc) is 2.81. The van der Waals surface area contributed by atoms with Gasteiger partial charge in [-0.3, -0.25) is 0 Å². The summed E-state index contributed by atoms with van der Waals surface area (Å²) in [5.41, 5.74) is 1.43. The quantitative estimate of drug-likeness (QED) is 0.733. The molecular formula is C22H31BN2O3. The van der Waals surface area contributed by atoms with Crippen molar-refractivity contribution in [2.24, 2.45) is 5.41 Å². The molecule has 3 rings (SSSR count). The van der Waals surface area contributed by atoms with Crippen LogP contribution in [0, 0.1) is 5.41 Å². The van der Waals surface area contributed by atoms with Crippen LogP contribution in [0.15, 0.2) is 36.7 Å². The van der Waals surface area contributed by atoms with E-state index in [4.69, 9.17) is 14.0 Å². The second-order valence-electron chi connectivity index (χ2n) is 9.69. The summed E-state index contributed by atoms with van der Waals surface area (Å²) in [6.45, 7) is 15.2. The van der Waals surface area contributed by atoms with Crippen molar-refractivity contribution in [1.29, 1.82) is 0 Å². The van der Waals surface area contributed by atoms with Gasteiger partial charge in [-0.1, -0.05) is 32.9 Å². The molecule has 6 heteroatoms. The molecule has 1 aromatic heterocycles. The summed E-state index contributed by atoms with van der Waals surface area (Å²) in [4.78, 5) is 8.89. The average molecular weight is 382 g/mol. The molecule has 0 atom stereocenters. The molecule has 2 aromatic rings. The zero-order chi connectivity index (χ0) is 20.6. The topological polar surface area (TPSA) is 53.5 Å². The molecule has 28 heavy (non-hydrogen) atoms. The lowest BCUT2D eigenvalue weighted by molar-refractivity contribution is 0.00578. The summed E-state index contributed by atoms with van der Waals surface area (Å²) in [6.07, 6.45) is 4.54. The molecule has 0 N–H and O–H groups in total. The summed E-state index contributed by atoms with van der Waals surface area (Å²) >= 11 is 0. The first kappa shape index (κ1) is 20.8. The first-order chi connectivity index (χ1) is 13.0. The molecule has 2 heterocycles. The SMILES string of the molecule is CC(C)(C)Cc1ncc(COc2ccc(B3OC(C)(C)C(C)(C)O3)cc2)cn1. The van der Waals surface area contributed by atoms with E-state index in [1.54, 1.807) is 0 Å². The van der Waals surface area contributed by atoms with Gasteiger partial charge >= 0.3 is 7.12 Å². The van der Waals surface area contributed by atoms with Crippen LogP contribution in [-0.4, -0.2) is 28.3 Å². The minimum Gasteiger partial charge on any atom is -0.489 e. The van der Waals surface area contributed by atoms with Crippen molar-refractivity contribution in [3.8, 4) is 5.75 Å². The van der Waals surface area contributed by atoms with E-state index in [2.05, 4.69) is 58.4 Å². The van der Waals surface area contributed by atoms with Gasteiger partial charge in [0.1, 0.15) is 18.2 Å². The zero-order valence-corrected chi connectivity index (χ0v) is 18.1. The highest BCUT2D eigenvalue weighted by Gasteiger charge is 2.51. The molecule has 0 saturated carbocycles. The fourth-order valence-corrected chi connectivity index (χ4v) is 2.89. The molecule has 0 radical (unpaired) electrons. The van der Waals surface area contributed by atoms with Gasteiger partial charge in [0.2, 0.25) is 0 Å². The van der Waals surface area contributed by atoms with Gasteiger partial charge < -0.3 is 14.0 Å². The van der Waals surface area contributed by atoms with Crippen molar-refractivity contribution in [2.75, 3.05) is 0 Å². The second-order valence-corrected chi connectivity index (χ2v) is 9.69. The van der Waals surface area contributed by atoms with Crippen LogP contribution in [0.3, 0.4) is 0 Å². The lowest BCUT2D eigenvalue weighted by atomic mass is 9.79. The Labute approximate surface area is 169 Å². The minimum atomic E-state index is -0.359. The van der Waals surface area contributed by atoms with Crippen LogP contribution in [-0.2, 0) is 22.3 Å². The predicted octanol–water partition coefficient (Wildman–Crippen LogP) is 3.94. The summed E-state index contributed by atoms with van der Waals surface area (Å²) < 4.78 is 18.0. The highest BCUT2D eigenvalue weighted by molar-refractivity contribution is 6.62. The van der Waals surface area contributed by atoms with Crippen LogP contribution in [0.25, 0.3) is 0 Å². The number of aromatic nitrogens is 2. The lowest BCUT2D eigenvalue weighted by Gasteiger charge is -2.32. The Morgan fingerprint density at radius 1 is 0.929 bits per heavy atom. The molecule has 150 valence electrons. The number of benzene rings is 1. The van der Waals surface area contributed by atoms with Gasteiger partial charge in [-0.15, -0.1) is 0 Å². The number of nitrogens with zero attached hydrogens (tertiary/aromatic N) is 2. The van der Waals surface area contributed by atoms with Crippen LogP contribution in [0.2, 0.25) is 0 Å². The van der Waals surface area contributed by atoms with Gasteiger partial charge in [0.05, 0.1) is 11.2 Å². The van der Waals surface area contributed by atoms with Crippen molar-refractivity contribution >= 4 is 12.6 Å². The van der Waals surface area contributed by atoms with E-state index in [-0.39, 0.29) is 23.7 Å². The molecule has 1 aliphatic rings. The first-order valence-electron chi connectivity index (χ1n) is 9.83. The zero-order valence-electron chi connectivity index (χ0n) is 18.1. The third-order valence-corrected chi connectivity index (χ3v) is 5.26. The molecule has 1 saturated heterocycles. The second kappa shape index (κ2) is 7.49. The van der Waals surface area contributed by atoms with Gasteiger partial charge in [0.15, 0.2) is 0 Å². The maximum atomic E-state index is 6.09. The number of rotatable bonds is 5. The van der Waals surface area contributed by atoms with Gasteiger partial charge in [-0.2, -0.15) is 0 Å². The Morgan fingerprint density at radius 2 is 1.46 bits per heavy atom. The number of hydrogen-bond donors (Lipinski definition) is 0. The molecule has 0 unspecified atom stereocenters. The van der Waals surface area contributed by atoms with Crippen molar-refractivity contribution < 1.29 is 14.0 Å². The summed E-state index contributed by atoms with van der Waals surface area (Å²) in [5, 5.41) is 0.